The first-order chi connectivity index (χ1) is 12.7. The Labute approximate surface area is 157 Å². The van der Waals surface area contributed by atoms with Crippen LogP contribution in [0.3, 0.4) is 0 Å². The Hall–Kier alpha value is -2.36. The number of nitrogens with zero attached hydrogens (tertiary/aromatic N) is 3. The number of piperidine rings is 3. The van der Waals surface area contributed by atoms with Gasteiger partial charge in [-0.05, 0) is 68.2 Å². The van der Waals surface area contributed by atoms with Crippen LogP contribution in [-0.2, 0) is 0 Å². The van der Waals surface area contributed by atoms with Gasteiger partial charge in [0, 0.05) is 29.2 Å². The smallest absolute Gasteiger partial charge is 0.251 e. The van der Waals surface area contributed by atoms with Crippen LogP contribution in [0, 0.1) is 17.2 Å². The van der Waals surface area contributed by atoms with Crippen LogP contribution in [0.4, 0.5) is 0 Å². The normalized spacial score (nSPS) is 24.0. The molecule has 0 radical (unpaired) electrons. The van der Waals surface area contributed by atoms with E-state index >= 15 is 0 Å². The number of fused-ring (bicyclic) bond motifs is 3. The van der Waals surface area contributed by atoms with Gasteiger partial charge in [0.15, 0.2) is 0 Å². The summed E-state index contributed by atoms with van der Waals surface area (Å²) >= 11 is 1.48. The first-order valence-electron chi connectivity index (χ1n) is 8.88. The molecule has 6 heteroatoms. The van der Waals surface area contributed by atoms with Crippen molar-refractivity contribution in [1.82, 2.24) is 15.2 Å². The molecule has 0 aliphatic carbocycles. The largest absolute Gasteiger partial charge is 0.348 e. The SMILES string of the molecule is N#Cc1ccnc(Sc2ccc(C(=O)NC3CN4CCC3CC4)cc2)c1. The maximum absolute atomic E-state index is 12.6. The molecule has 0 saturated carbocycles. The lowest BCUT2D eigenvalue weighted by Gasteiger charge is -2.44. The molecule has 1 amide bonds. The predicted molar refractivity (Wildman–Crippen MR) is 99.9 cm³/mol. The molecular weight excluding hydrogens is 344 g/mol. The maximum atomic E-state index is 12.6. The van der Waals surface area contributed by atoms with Gasteiger partial charge in [0.1, 0.15) is 5.03 Å². The van der Waals surface area contributed by atoms with Crippen LogP contribution in [0.5, 0.6) is 0 Å². The Balaban J connectivity index is 1.39. The highest BCUT2D eigenvalue weighted by molar-refractivity contribution is 7.99. The van der Waals surface area contributed by atoms with Crippen molar-refractivity contribution in [1.29, 1.82) is 5.26 Å². The number of pyridine rings is 1. The lowest BCUT2D eigenvalue weighted by Crippen LogP contribution is -2.57. The van der Waals surface area contributed by atoms with Crippen molar-refractivity contribution in [3.05, 3.63) is 53.7 Å². The Morgan fingerprint density at radius 2 is 2.00 bits per heavy atom. The minimum atomic E-state index is 0.00454. The highest BCUT2D eigenvalue weighted by Gasteiger charge is 2.34. The molecule has 3 aliphatic heterocycles. The zero-order chi connectivity index (χ0) is 17.9. The summed E-state index contributed by atoms with van der Waals surface area (Å²) in [6.45, 7) is 3.32. The van der Waals surface area contributed by atoms with Crippen LogP contribution >= 0.6 is 11.8 Å². The standard InChI is InChI=1S/C20H20N4OS/c21-12-14-5-8-22-19(11-14)26-17-3-1-16(2-4-17)20(25)23-18-13-24-9-6-15(18)7-10-24/h1-5,8,11,15,18H,6-7,9-10,13H2,(H,23,25). The molecule has 3 saturated heterocycles. The molecule has 2 aromatic rings. The molecule has 5 nitrogen and oxygen atoms in total. The Kier molecular flexibility index (Phi) is 4.91. The number of hydrogen-bond donors (Lipinski definition) is 1. The summed E-state index contributed by atoms with van der Waals surface area (Å²) in [5.41, 5.74) is 1.28. The van der Waals surface area contributed by atoms with Gasteiger partial charge in [-0.1, -0.05) is 11.8 Å². The summed E-state index contributed by atoms with van der Waals surface area (Å²) < 4.78 is 0. The van der Waals surface area contributed by atoms with Crippen molar-refractivity contribution < 1.29 is 4.79 Å². The van der Waals surface area contributed by atoms with Crippen molar-refractivity contribution >= 4 is 17.7 Å². The van der Waals surface area contributed by atoms with Gasteiger partial charge in [0.05, 0.1) is 11.6 Å². The fourth-order valence-corrected chi connectivity index (χ4v) is 4.52. The van der Waals surface area contributed by atoms with E-state index < -0.39 is 0 Å². The molecule has 26 heavy (non-hydrogen) atoms. The number of aromatic nitrogens is 1. The molecule has 3 fully saturated rings. The molecule has 0 spiro atoms. The van der Waals surface area contributed by atoms with Crippen LogP contribution in [0.25, 0.3) is 0 Å². The number of nitrogens with one attached hydrogen (secondary N) is 1. The number of hydrogen-bond acceptors (Lipinski definition) is 5. The summed E-state index contributed by atoms with van der Waals surface area (Å²) in [6, 6.07) is 13.4. The third-order valence-corrected chi connectivity index (χ3v) is 6.12. The van der Waals surface area contributed by atoms with Gasteiger partial charge in [0.2, 0.25) is 0 Å². The van der Waals surface area contributed by atoms with Gasteiger partial charge in [-0.25, -0.2) is 4.98 Å². The summed E-state index contributed by atoms with van der Waals surface area (Å²) in [5.74, 6) is 0.627. The summed E-state index contributed by atoms with van der Waals surface area (Å²) in [4.78, 5) is 20.3. The van der Waals surface area contributed by atoms with Crippen molar-refractivity contribution in [2.45, 2.75) is 28.8 Å². The lowest BCUT2D eigenvalue weighted by molar-refractivity contribution is 0.0620. The van der Waals surface area contributed by atoms with E-state index in [1.807, 2.05) is 24.3 Å². The Bertz CT molecular complexity index is 838. The summed E-state index contributed by atoms with van der Waals surface area (Å²) in [6.07, 6.45) is 4.02. The van der Waals surface area contributed by atoms with Crippen molar-refractivity contribution in [2.75, 3.05) is 19.6 Å². The van der Waals surface area contributed by atoms with Crippen LogP contribution in [-0.4, -0.2) is 41.5 Å². The molecular formula is C20H20N4OS. The molecule has 132 valence electrons. The van der Waals surface area contributed by atoms with E-state index in [2.05, 4.69) is 21.3 Å². The number of amides is 1. The van der Waals surface area contributed by atoms with Gasteiger partial charge in [-0.2, -0.15) is 5.26 Å². The summed E-state index contributed by atoms with van der Waals surface area (Å²) in [5, 5.41) is 13.0. The molecule has 1 aromatic heterocycles. The van der Waals surface area contributed by atoms with Gasteiger partial charge in [-0.3, -0.25) is 4.79 Å². The number of carbonyl (C=O) groups excluding carboxylic acids is 1. The van der Waals surface area contributed by atoms with E-state index in [-0.39, 0.29) is 11.9 Å². The third-order valence-electron chi connectivity index (χ3n) is 5.18. The van der Waals surface area contributed by atoms with E-state index in [4.69, 9.17) is 5.26 Å². The number of nitriles is 1. The quantitative estimate of drug-likeness (QED) is 0.903. The van der Waals surface area contributed by atoms with E-state index in [0.29, 0.717) is 17.0 Å². The summed E-state index contributed by atoms with van der Waals surface area (Å²) in [7, 11) is 0. The van der Waals surface area contributed by atoms with E-state index in [9.17, 15) is 4.79 Å². The fraction of sp³-hybridized carbons (Fsp3) is 0.350. The van der Waals surface area contributed by atoms with E-state index in [1.165, 1.54) is 37.7 Å². The first-order valence-corrected chi connectivity index (χ1v) is 9.70. The molecule has 1 N–H and O–H groups in total. The van der Waals surface area contributed by atoms with Gasteiger partial charge >= 0.3 is 0 Å². The highest BCUT2D eigenvalue weighted by Crippen LogP contribution is 2.28. The number of rotatable bonds is 4. The molecule has 5 rings (SSSR count). The third kappa shape index (κ3) is 3.74. The molecule has 3 aliphatic rings. The molecule has 2 bridgehead atoms. The van der Waals surface area contributed by atoms with Crippen molar-refractivity contribution in [3.63, 3.8) is 0 Å². The molecule has 1 aromatic carbocycles. The van der Waals surface area contributed by atoms with Crippen molar-refractivity contribution in [2.24, 2.45) is 5.92 Å². The predicted octanol–water partition coefficient (Wildman–Crippen LogP) is 2.93. The van der Waals surface area contributed by atoms with Crippen LogP contribution in [0.1, 0.15) is 28.8 Å². The minimum Gasteiger partial charge on any atom is -0.348 e. The number of benzene rings is 1. The van der Waals surface area contributed by atoms with Crippen LogP contribution < -0.4 is 5.32 Å². The molecule has 1 unspecified atom stereocenters. The van der Waals surface area contributed by atoms with Crippen LogP contribution in [0.2, 0.25) is 0 Å². The molecule has 4 heterocycles. The van der Waals surface area contributed by atoms with Crippen LogP contribution in [0.15, 0.2) is 52.5 Å². The number of carbonyl (C=O) groups is 1. The van der Waals surface area contributed by atoms with Crippen molar-refractivity contribution in [3.8, 4) is 6.07 Å². The van der Waals surface area contributed by atoms with Gasteiger partial charge < -0.3 is 10.2 Å². The molecule has 1 atom stereocenters. The maximum Gasteiger partial charge on any atom is 0.251 e. The minimum absolute atomic E-state index is 0.00454. The average Bonchev–Trinajstić information content (AvgIpc) is 2.69. The van der Waals surface area contributed by atoms with E-state index in [1.54, 1.807) is 18.3 Å². The van der Waals surface area contributed by atoms with Gasteiger partial charge in [-0.15, -0.1) is 0 Å². The van der Waals surface area contributed by atoms with E-state index in [0.717, 1.165) is 16.5 Å². The topological polar surface area (TPSA) is 69.0 Å². The second kappa shape index (κ2) is 7.48. The second-order valence-electron chi connectivity index (χ2n) is 6.84. The zero-order valence-electron chi connectivity index (χ0n) is 14.4. The second-order valence-corrected chi connectivity index (χ2v) is 7.93. The monoisotopic (exact) mass is 364 g/mol. The average molecular weight is 364 g/mol. The lowest BCUT2D eigenvalue weighted by atomic mass is 9.84. The Morgan fingerprint density at radius 3 is 2.65 bits per heavy atom. The first kappa shape index (κ1) is 17.1. The fourth-order valence-electron chi connectivity index (χ4n) is 3.71. The Morgan fingerprint density at radius 1 is 1.23 bits per heavy atom. The zero-order valence-corrected chi connectivity index (χ0v) is 15.2. The van der Waals surface area contributed by atoms with Gasteiger partial charge in [0.25, 0.3) is 5.91 Å². The highest BCUT2D eigenvalue weighted by atomic mass is 32.2.